The Morgan fingerprint density at radius 1 is 1.23 bits per heavy atom. The quantitative estimate of drug-likeness (QED) is 0.457. The van der Waals surface area contributed by atoms with E-state index in [0.717, 1.165) is 22.9 Å². The molecule has 0 saturated carbocycles. The van der Waals surface area contributed by atoms with Crippen molar-refractivity contribution in [1.29, 1.82) is 0 Å². The molecule has 0 fully saturated rings. The van der Waals surface area contributed by atoms with Gasteiger partial charge in [0.05, 0.1) is 31.1 Å². The number of amides is 1. The van der Waals surface area contributed by atoms with E-state index in [2.05, 4.69) is 15.2 Å². The molecule has 0 aliphatic heterocycles. The summed E-state index contributed by atoms with van der Waals surface area (Å²) in [5, 5.41) is 10.7. The molecule has 0 saturated heterocycles. The SMILES string of the molecule is COc1ccc(N(C(=O)CSc2nnc(-c3cccs3)n2C)S(C)(=O)=O)c(OC)n1. The van der Waals surface area contributed by atoms with Crippen molar-refractivity contribution in [1.82, 2.24) is 19.7 Å². The van der Waals surface area contributed by atoms with Gasteiger partial charge in [0.25, 0.3) is 5.91 Å². The first kappa shape index (κ1) is 22.1. The first-order valence-electron chi connectivity index (χ1n) is 8.44. The summed E-state index contributed by atoms with van der Waals surface area (Å²) in [4.78, 5) is 17.9. The molecule has 13 heteroatoms. The Morgan fingerprint density at radius 3 is 2.60 bits per heavy atom. The van der Waals surface area contributed by atoms with Gasteiger partial charge in [-0.3, -0.25) is 4.79 Å². The van der Waals surface area contributed by atoms with Gasteiger partial charge in [-0.1, -0.05) is 17.8 Å². The minimum Gasteiger partial charge on any atom is -0.481 e. The number of nitrogens with zero attached hydrogens (tertiary/aromatic N) is 5. The first-order valence-corrected chi connectivity index (χ1v) is 12.2. The second kappa shape index (κ2) is 9.02. The number of thiophene rings is 1. The van der Waals surface area contributed by atoms with Gasteiger partial charge < -0.3 is 14.0 Å². The molecule has 0 atom stereocenters. The van der Waals surface area contributed by atoms with Crippen molar-refractivity contribution in [3.63, 3.8) is 0 Å². The number of carbonyl (C=O) groups excluding carboxylic acids is 1. The van der Waals surface area contributed by atoms with Crippen molar-refractivity contribution in [2.45, 2.75) is 5.16 Å². The van der Waals surface area contributed by atoms with Gasteiger partial charge in [-0.05, 0) is 17.5 Å². The molecule has 160 valence electrons. The Labute approximate surface area is 181 Å². The highest BCUT2D eigenvalue weighted by molar-refractivity contribution is 8.00. The van der Waals surface area contributed by atoms with E-state index in [1.54, 1.807) is 11.6 Å². The highest BCUT2D eigenvalue weighted by Gasteiger charge is 2.29. The zero-order chi connectivity index (χ0) is 21.9. The largest absolute Gasteiger partial charge is 0.481 e. The topological polar surface area (TPSA) is 117 Å². The van der Waals surface area contributed by atoms with E-state index in [0.29, 0.717) is 15.3 Å². The number of sulfonamides is 1. The number of anilines is 1. The fourth-order valence-corrected chi connectivity index (χ4v) is 5.10. The molecular weight excluding hydrogens is 450 g/mol. The van der Waals surface area contributed by atoms with E-state index in [-0.39, 0.29) is 23.2 Å². The van der Waals surface area contributed by atoms with Crippen molar-refractivity contribution in [2.24, 2.45) is 7.05 Å². The second-order valence-corrected chi connectivity index (χ2v) is 9.66. The molecular formula is C17H19N5O5S3. The van der Waals surface area contributed by atoms with Gasteiger partial charge in [0.15, 0.2) is 11.0 Å². The van der Waals surface area contributed by atoms with Crippen molar-refractivity contribution >= 4 is 44.7 Å². The van der Waals surface area contributed by atoms with Crippen LogP contribution < -0.4 is 13.8 Å². The van der Waals surface area contributed by atoms with Gasteiger partial charge in [-0.15, -0.1) is 21.5 Å². The van der Waals surface area contributed by atoms with Crippen molar-refractivity contribution < 1.29 is 22.7 Å². The Bertz CT molecular complexity index is 1140. The summed E-state index contributed by atoms with van der Waals surface area (Å²) < 4.78 is 37.4. The van der Waals surface area contributed by atoms with Crippen LogP contribution in [0.2, 0.25) is 0 Å². The number of hydrogen-bond acceptors (Lipinski definition) is 10. The Hall–Kier alpha value is -2.64. The highest BCUT2D eigenvalue weighted by atomic mass is 32.2. The van der Waals surface area contributed by atoms with Crippen LogP contribution in [0.1, 0.15) is 0 Å². The molecule has 0 unspecified atom stereocenters. The summed E-state index contributed by atoms with van der Waals surface area (Å²) in [7, 11) is 0.588. The van der Waals surface area contributed by atoms with Crippen LogP contribution in [0.4, 0.5) is 5.69 Å². The van der Waals surface area contributed by atoms with E-state index in [1.807, 2.05) is 17.5 Å². The number of aromatic nitrogens is 4. The molecule has 0 bridgehead atoms. The zero-order valence-corrected chi connectivity index (χ0v) is 19.0. The third kappa shape index (κ3) is 4.57. The van der Waals surface area contributed by atoms with Crippen molar-refractivity contribution in [3.8, 4) is 22.5 Å². The standard InChI is InChI=1S/C17H19N5O5S3/c1-21-15(12-6-5-9-28-12)19-20-17(21)29-10-14(23)22(30(4,24)25)11-7-8-13(26-2)18-16(11)27-3/h5-9H,10H2,1-4H3. The lowest BCUT2D eigenvalue weighted by atomic mass is 10.4. The van der Waals surface area contributed by atoms with Gasteiger partial charge in [0, 0.05) is 13.1 Å². The average Bonchev–Trinajstić information content (AvgIpc) is 3.35. The van der Waals surface area contributed by atoms with Crippen molar-refractivity contribution in [2.75, 3.05) is 30.5 Å². The number of ether oxygens (including phenoxy) is 2. The number of methoxy groups -OCH3 is 2. The molecule has 1 amide bonds. The lowest BCUT2D eigenvalue weighted by Gasteiger charge is -2.21. The second-order valence-electron chi connectivity index (χ2n) is 5.93. The minimum atomic E-state index is -3.95. The summed E-state index contributed by atoms with van der Waals surface area (Å²) >= 11 is 2.61. The molecule has 30 heavy (non-hydrogen) atoms. The van der Waals surface area contributed by atoms with Crippen LogP contribution in [0.15, 0.2) is 34.8 Å². The summed E-state index contributed by atoms with van der Waals surface area (Å²) in [5.41, 5.74) is 0.00337. The summed E-state index contributed by atoms with van der Waals surface area (Å²) in [6, 6.07) is 6.69. The molecule has 3 aromatic heterocycles. The maximum absolute atomic E-state index is 12.9. The number of rotatable bonds is 8. The molecule has 10 nitrogen and oxygen atoms in total. The minimum absolute atomic E-state index is 0.00337. The first-order chi connectivity index (χ1) is 14.3. The van der Waals surface area contributed by atoms with Crippen LogP contribution in [-0.4, -0.2) is 60.3 Å². The summed E-state index contributed by atoms with van der Waals surface area (Å²) in [6.45, 7) is 0. The van der Waals surface area contributed by atoms with Crippen LogP contribution in [-0.2, 0) is 21.9 Å². The van der Waals surface area contributed by atoms with Crippen LogP contribution >= 0.6 is 23.1 Å². The Morgan fingerprint density at radius 2 is 2.00 bits per heavy atom. The van der Waals surface area contributed by atoms with Crippen LogP contribution in [0.5, 0.6) is 11.8 Å². The third-order valence-electron chi connectivity index (χ3n) is 3.90. The predicted molar refractivity (Wildman–Crippen MR) is 115 cm³/mol. The van der Waals surface area contributed by atoms with Crippen LogP contribution in [0, 0.1) is 0 Å². The number of hydrogen-bond donors (Lipinski definition) is 0. The molecule has 3 aromatic rings. The van der Waals surface area contributed by atoms with Gasteiger partial charge in [0.2, 0.25) is 21.8 Å². The number of thioether (sulfide) groups is 1. The van der Waals surface area contributed by atoms with E-state index < -0.39 is 15.9 Å². The highest BCUT2D eigenvalue weighted by Crippen LogP contribution is 2.32. The van der Waals surface area contributed by atoms with E-state index in [4.69, 9.17) is 9.47 Å². The molecule has 0 aromatic carbocycles. The smallest absolute Gasteiger partial charge is 0.251 e. The van der Waals surface area contributed by atoms with E-state index >= 15 is 0 Å². The zero-order valence-electron chi connectivity index (χ0n) is 16.6. The Kier molecular flexibility index (Phi) is 6.63. The molecule has 0 spiro atoms. The molecule has 0 radical (unpaired) electrons. The van der Waals surface area contributed by atoms with Crippen LogP contribution in [0.25, 0.3) is 10.7 Å². The van der Waals surface area contributed by atoms with Gasteiger partial charge in [-0.2, -0.15) is 4.98 Å². The fourth-order valence-electron chi connectivity index (χ4n) is 2.58. The monoisotopic (exact) mass is 469 g/mol. The van der Waals surface area contributed by atoms with Gasteiger partial charge >= 0.3 is 0 Å². The lowest BCUT2D eigenvalue weighted by molar-refractivity contribution is -0.115. The normalized spacial score (nSPS) is 11.3. The average molecular weight is 470 g/mol. The van der Waals surface area contributed by atoms with E-state index in [9.17, 15) is 13.2 Å². The number of pyridine rings is 1. The Balaban J connectivity index is 1.85. The summed E-state index contributed by atoms with van der Waals surface area (Å²) in [5.74, 6) is -0.00390. The molecule has 3 heterocycles. The molecule has 0 aliphatic carbocycles. The molecule has 0 N–H and O–H groups in total. The van der Waals surface area contributed by atoms with Crippen molar-refractivity contribution in [3.05, 3.63) is 29.6 Å². The van der Waals surface area contributed by atoms with Crippen LogP contribution in [0.3, 0.4) is 0 Å². The lowest BCUT2D eigenvalue weighted by Crippen LogP contribution is -2.37. The van der Waals surface area contributed by atoms with E-state index in [1.165, 1.54) is 37.7 Å². The maximum atomic E-state index is 12.9. The fraction of sp³-hybridized carbons (Fsp3) is 0.294. The summed E-state index contributed by atoms with van der Waals surface area (Å²) in [6.07, 6.45) is 0.941. The maximum Gasteiger partial charge on any atom is 0.251 e. The van der Waals surface area contributed by atoms with Gasteiger partial charge in [0.1, 0.15) is 5.69 Å². The third-order valence-corrected chi connectivity index (χ3v) is 6.83. The molecule has 0 aliphatic rings. The number of carbonyl (C=O) groups is 1. The van der Waals surface area contributed by atoms with Gasteiger partial charge in [-0.25, -0.2) is 12.7 Å². The molecule has 3 rings (SSSR count). The predicted octanol–water partition coefficient (Wildman–Crippen LogP) is 2.04.